The van der Waals surface area contributed by atoms with E-state index in [4.69, 9.17) is 5.11 Å². The topological polar surface area (TPSA) is 78.4 Å². The lowest BCUT2D eigenvalue weighted by Crippen LogP contribution is -2.13. The van der Waals surface area contributed by atoms with Gasteiger partial charge in [-0.25, -0.2) is 9.18 Å². The van der Waals surface area contributed by atoms with Crippen LogP contribution < -0.4 is 10.6 Å². The molecule has 0 radical (unpaired) electrons. The largest absolute Gasteiger partial charge is 0.465 e. The third kappa shape index (κ3) is 3.09. The van der Waals surface area contributed by atoms with Gasteiger partial charge in [-0.15, -0.1) is 0 Å². The molecule has 0 heterocycles. The number of carbonyl (C=O) groups is 2. The highest BCUT2D eigenvalue weighted by atomic mass is 19.1. The highest BCUT2D eigenvalue weighted by Crippen LogP contribution is 2.22. The Balaban J connectivity index is 3.01. The number of nitrogens with one attached hydrogen (secondary N) is 2. The summed E-state index contributed by atoms with van der Waals surface area (Å²) in [6.07, 6.45) is -0.326. The average molecular weight is 224 g/mol. The van der Waals surface area contributed by atoms with Crippen LogP contribution in [-0.2, 0) is 4.79 Å². The van der Waals surface area contributed by atoms with Crippen LogP contribution in [0.1, 0.15) is 0 Å². The van der Waals surface area contributed by atoms with E-state index in [1.54, 1.807) is 0 Å². The smallest absolute Gasteiger partial charge is 0.409 e. The van der Waals surface area contributed by atoms with Gasteiger partial charge in [-0.2, -0.15) is 0 Å². The maximum Gasteiger partial charge on any atom is 0.409 e. The SMILES string of the molecule is C=CC(=O)Nc1ccc(F)cc1NC(=O)O. The Morgan fingerprint density at radius 2 is 2.00 bits per heavy atom. The van der Waals surface area contributed by atoms with Gasteiger partial charge in [-0.1, -0.05) is 6.58 Å². The predicted octanol–water partition coefficient (Wildman–Crippen LogP) is 2.04. The van der Waals surface area contributed by atoms with Gasteiger partial charge in [0.25, 0.3) is 0 Å². The van der Waals surface area contributed by atoms with Crippen LogP contribution >= 0.6 is 0 Å². The minimum absolute atomic E-state index is 0.0392. The van der Waals surface area contributed by atoms with E-state index in [0.717, 1.165) is 18.2 Å². The summed E-state index contributed by atoms with van der Waals surface area (Å²) in [6.45, 7) is 3.24. The van der Waals surface area contributed by atoms with Crippen molar-refractivity contribution in [2.45, 2.75) is 0 Å². The number of anilines is 2. The molecule has 5 nitrogen and oxygen atoms in total. The second-order valence-corrected chi connectivity index (χ2v) is 2.81. The Morgan fingerprint density at radius 1 is 1.31 bits per heavy atom. The van der Waals surface area contributed by atoms with Crippen molar-refractivity contribution in [2.24, 2.45) is 0 Å². The molecule has 0 aromatic heterocycles. The highest BCUT2D eigenvalue weighted by Gasteiger charge is 2.08. The highest BCUT2D eigenvalue weighted by molar-refractivity contribution is 6.02. The van der Waals surface area contributed by atoms with E-state index in [1.165, 1.54) is 6.07 Å². The van der Waals surface area contributed by atoms with E-state index >= 15 is 0 Å². The van der Waals surface area contributed by atoms with Crippen molar-refractivity contribution in [1.82, 2.24) is 0 Å². The predicted molar refractivity (Wildman–Crippen MR) is 56.9 cm³/mol. The molecule has 2 amide bonds. The second kappa shape index (κ2) is 4.92. The minimum atomic E-state index is -1.35. The van der Waals surface area contributed by atoms with Crippen molar-refractivity contribution < 1.29 is 19.1 Å². The molecule has 16 heavy (non-hydrogen) atoms. The minimum Gasteiger partial charge on any atom is -0.465 e. The van der Waals surface area contributed by atoms with Gasteiger partial charge >= 0.3 is 6.09 Å². The molecule has 0 aliphatic carbocycles. The van der Waals surface area contributed by atoms with Crippen molar-refractivity contribution in [3.63, 3.8) is 0 Å². The van der Waals surface area contributed by atoms with Gasteiger partial charge in [0.2, 0.25) is 5.91 Å². The molecule has 0 saturated carbocycles. The zero-order chi connectivity index (χ0) is 12.1. The van der Waals surface area contributed by atoms with Gasteiger partial charge in [0.15, 0.2) is 0 Å². The van der Waals surface area contributed by atoms with Crippen LogP contribution in [-0.4, -0.2) is 17.1 Å². The summed E-state index contributed by atoms with van der Waals surface area (Å²) in [5, 5.41) is 12.8. The summed E-state index contributed by atoms with van der Waals surface area (Å²) in [7, 11) is 0. The van der Waals surface area contributed by atoms with Crippen LogP contribution in [0.2, 0.25) is 0 Å². The van der Waals surface area contributed by atoms with E-state index < -0.39 is 17.8 Å². The first kappa shape index (κ1) is 11.7. The molecule has 1 aromatic rings. The molecule has 0 fully saturated rings. The second-order valence-electron chi connectivity index (χ2n) is 2.81. The van der Waals surface area contributed by atoms with E-state index in [9.17, 15) is 14.0 Å². The maximum absolute atomic E-state index is 12.9. The number of halogens is 1. The Hall–Kier alpha value is -2.37. The normalized spacial score (nSPS) is 9.31. The van der Waals surface area contributed by atoms with Crippen molar-refractivity contribution in [3.8, 4) is 0 Å². The summed E-state index contributed by atoms with van der Waals surface area (Å²) < 4.78 is 12.9. The standard InChI is InChI=1S/C10H9FN2O3/c1-2-9(14)12-7-4-3-6(11)5-8(7)13-10(15)16/h2-5,13H,1H2,(H,12,14)(H,15,16). The summed E-state index contributed by atoms with van der Waals surface area (Å²) in [5.41, 5.74) is 0.122. The van der Waals surface area contributed by atoms with Crippen LogP contribution in [0.5, 0.6) is 0 Å². The lowest BCUT2D eigenvalue weighted by Gasteiger charge is -2.09. The number of rotatable bonds is 3. The molecule has 0 aliphatic heterocycles. The van der Waals surface area contributed by atoms with E-state index in [1.807, 2.05) is 5.32 Å². The van der Waals surface area contributed by atoms with Crippen LogP contribution in [0, 0.1) is 5.82 Å². The first-order valence-corrected chi connectivity index (χ1v) is 4.26. The number of carbonyl (C=O) groups excluding carboxylic acids is 1. The van der Waals surface area contributed by atoms with Gasteiger partial charge in [-0.3, -0.25) is 10.1 Å². The summed E-state index contributed by atoms with van der Waals surface area (Å²) in [5.74, 6) is -1.12. The molecule has 0 saturated heterocycles. The Morgan fingerprint density at radius 3 is 2.56 bits per heavy atom. The molecule has 1 aromatic carbocycles. The van der Waals surface area contributed by atoms with E-state index in [-0.39, 0.29) is 11.4 Å². The molecule has 6 heteroatoms. The van der Waals surface area contributed by atoms with Crippen LogP contribution in [0.15, 0.2) is 30.9 Å². The van der Waals surface area contributed by atoms with Crippen molar-refractivity contribution in [1.29, 1.82) is 0 Å². The number of carboxylic acid groups (broad SMARTS) is 1. The number of amides is 2. The molecule has 0 spiro atoms. The fourth-order valence-electron chi connectivity index (χ4n) is 1.03. The monoisotopic (exact) mass is 224 g/mol. The molecule has 0 bridgehead atoms. The third-order valence-corrected chi connectivity index (χ3v) is 1.67. The zero-order valence-electron chi connectivity index (χ0n) is 8.16. The number of hydrogen-bond donors (Lipinski definition) is 3. The fraction of sp³-hybridized carbons (Fsp3) is 0. The van der Waals surface area contributed by atoms with E-state index in [2.05, 4.69) is 11.9 Å². The molecular formula is C10H9FN2O3. The Kier molecular flexibility index (Phi) is 3.60. The first-order valence-electron chi connectivity index (χ1n) is 4.26. The van der Waals surface area contributed by atoms with Crippen LogP contribution in [0.25, 0.3) is 0 Å². The van der Waals surface area contributed by atoms with Crippen LogP contribution in [0.3, 0.4) is 0 Å². The van der Waals surface area contributed by atoms with Crippen LogP contribution in [0.4, 0.5) is 20.6 Å². The summed E-state index contributed by atoms with van der Waals surface area (Å²) in [4.78, 5) is 21.4. The molecular weight excluding hydrogens is 215 g/mol. The molecule has 1 rings (SSSR count). The van der Waals surface area contributed by atoms with Gasteiger partial charge in [0.1, 0.15) is 5.82 Å². The van der Waals surface area contributed by atoms with Crippen molar-refractivity contribution >= 4 is 23.4 Å². The zero-order valence-corrected chi connectivity index (χ0v) is 8.16. The molecule has 84 valence electrons. The molecule has 0 atom stereocenters. The van der Waals surface area contributed by atoms with Gasteiger partial charge in [-0.05, 0) is 24.3 Å². The summed E-state index contributed by atoms with van der Waals surface area (Å²) >= 11 is 0. The Labute approximate surface area is 90.6 Å². The lowest BCUT2D eigenvalue weighted by molar-refractivity contribution is -0.111. The fourth-order valence-corrected chi connectivity index (χ4v) is 1.03. The van der Waals surface area contributed by atoms with Crippen molar-refractivity contribution in [2.75, 3.05) is 10.6 Å². The maximum atomic E-state index is 12.9. The van der Waals surface area contributed by atoms with Crippen molar-refractivity contribution in [3.05, 3.63) is 36.7 Å². The molecule has 0 aliphatic rings. The average Bonchev–Trinajstić information content (AvgIpc) is 2.21. The number of hydrogen-bond acceptors (Lipinski definition) is 2. The quantitative estimate of drug-likeness (QED) is 0.687. The lowest BCUT2D eigenvalue weighted by atomic mass is 10.2. The van der Waals surface area contributed by atoms with Gasteiger partial charge in [0, 0.05) is 0 Å². The van der Waals surface area contributed by atoms with Gasteiger partial charge < -0.3 is 10.4 Å². The summed E-state index contributed by atoms with van der Waals surface area (Å²) in [6, 6.07) is 3.32. The van der Waals surface area contributed by atoms with Gasteiger partial charge in [0.05, 0.1) is 11.4 Å². The Bertz CT molecular complexity index is 446. The third-order valence-electron chi connectivity index (χ3n) is 1.67. The molecule has 0 unspecified atom stereocenters. The number of benzene rings is 1. The molecule has 3 N–H and O–H groups in total. The van der Waals surface area contributed by atoms with E-state index in [0.29, 0.717) is 0 Å². The first-order chi connectivity index (χ1) is 7.52.